The van der Waals surface area contributed by atoms with Gasteiger partial charge in [-0.2, -0.15) is 8.78 Å². The van der Waals surface area contributed by atoms with Crippen molar-refractivity contribution in [3.63, 3.8) is 0 Å². The van der Waals surface area contributed by atoms with Gasteiger partial charge in [-0.05, 0) is 37.5 Å². The van der Waals surface area contributed by atoms with Crippen LogP contribution in [0.25, 0.3) is 0 Å². The Kier molecular flexibility index (Phi) is 7.18. The van der Waals surface area contributed by atoms with Crippen molar-refractivity contribution in [3.05, 3.63) is 0 Å². The zero-order valence-corrected chi connectivity index (χ0v) is 15.2. The average molecular weight is 336 g/mol. The Labute approximate surface area is 137 Å². The van der Waals surface area contributed by atoms with Gasteiger partial charge in [-0.1, -0.05) is 41.5 Å². The highest BCUT2D eigenvalue weighted by atomic mass is 19.3. The molecule has 0 aromatic carbocycles. The van der Waals surface area contributed by atoms with Gasteiger partial charge in [-0.3, -0.25) is 4.79 Å². The third-order valence-electron chi connectivity index (χ3n) is 4.95. The molecule has 136 valence electrons. The number of esters is 1. The Bertz CT molecular complexity index is 432. The number of alkyl halides is 2. The summed E-state index contributed by atoms with van der Waals surface area (Å²) in [6.45, 7) is 12.7. The number of carbonyl (C=O) groups excluding carboxylic acids is 1. The zero-order chi connectivity index (χ0) is 18.6. The average Bonchev–Trinajstić information content (AvgIpc) is 2.42. The number of hydrogen-bond acceptors (Lipinski definition) is 3. The number of ether oxygens (including phenoxy) is 1. The predicted molar refractivity (Wildman–Crippen MR) is 84.4 cm³/mol. The number of carboxylic acids is 1. The summed E-state index contributed by atoms with van der Waals surface area (Å²) in [6.07, 6.45) is -1.10. The molecule has 23 heavy (non-hydrogen) atoms. The minimum atomic E-state index is -4.10. The molecular formula is C17H30F2O4. The van der Waals surface area contributed by atoms with Gasteiger partial charge in [0.25, 0.3) is 0 Å². The summed E-state index contributed by atoms with van der Waals surface area (Å²) in [4.78, 5) is 23.4. The maximum absolute atomic E-state index is 13.7. The largest absolute Gasteiger partial charge is 0.477 e. The molecule has 0 saturated carbocycles. The zero-order valence-electron chi connectivity index (χ0n) is 15.2. The van der Waals surface area contributed by atoms with Crippen molar-refractivity contribution in [1.29, 1.82) is 0 Å². The number of halogens is 2. The van der Waals surface area contributed by atoms with Crippen LogP contribution in [0.2, 0.25) is 0 Å². The molecule has 0 aromatic rings. The van der Waals surface area contributed by atoms with Crippen molar-refractivity contribution < 1.29 is 28.2 Å². The summed E-state index contributed by atoms with van der Waals surface area (Å²) >= 11 is 0. The molecule has 4 nitrogen and oxygen atoms in total. The highest BCUT2D eigenvalue weighted by Gasteiger charge is 2.53. The van der Waals surface area contributed by atoms with Crippen LogP contribution in [-0.2, 0) is 14.3 Å². The van der Waals surface area contributed by atoms with Crippen molar-refractivity contribution in [2.75, 3.05) is 0 Å². The topological polar surface area (TPSA) is 63.6 Å². The summed E-state index contributed by atoms with van der Waals surface area (Å²) in [5.74, 6) is -6.97. The molecule has 2 unspecified atom stereocenters. The Morgan fingerprint density at radius 1 is 1.13 bits per heavy atom. The van der Waals surface area contributed by atoms with Crippen molar-refractivity contribution >= 4 is 11.9 Å². The first-order chi connectivity index (χ1) is 10.3. The molecule has 0 bridgehead atoms. The molecule has 0 heterocycles. The van der Waals surface area contributed by atoms with Crippen LogP contribution >= 0.6 is 0 Å². The molecule has 1 N–H and O–H groups in total. The van der Waals surface area contributed by atoms with Gasteiger partial charge in [-0.15, -0.1) is 0 Å². The molecule has 2 atom stereocenters. The van der Waals surface area contributed by atoms with Gasteiger partial charge in [0, 0.05) is 0 Å². The van der Waals surface area contributed by atoms with Crippen LogP contribution in [0, 0.1) is 16.7 Å². The summed E-state index contributed by atoms with van der Waals surface area (Å²) < 4.78 is 32.5. The second-order valence-electron chi connectivity index (χ2n) is 7.40. The lowest BCUT2D eigenvalue weighted by molar-refractivity contribution is -0.202. The maximum Gasteiger partial charge on any atom is 0.378 e. The molecule has 0 aromatic heterocycles. The summed E-state index contributed by atoms with van der Waals surface area (Å²) in [6, 6.07) is 0. The number of hydrogen-bond donors (Lipinski definition) is 1. The highest BCUT2D eigenvalue weighted by Crippen LogP contribution is 2.47. The molecule has 0 aliphatic carbocycles. The molecule has 0 aliphatic rings. The number of carbonyl (C=O) groups is 2. The second kappa shape index (κ2) is 7.58. The highest BCUT2D eigenvalue weighted by molar-refractivity contribution is 5.80. The fourth-order valence-electron chi connectivity index (χ4n) is 2.65. The van der Waals surface area contributed by atoms with Crippen LogP contribution in [0.3, 0.4) is 0 Å². The van der Waals surface area contributed by atoms with Gasteiger partial charge < -0.3 is 9.84 Å². The van der Waals surface area contributed by atoms with E-state index in [0.717, 1.165) is 0 Å². The van der Waals surface area contributed by atoms with Gasteiger partial charge in [0.15, 0.2) is 6.10 Å². The van der Waals surface area contributed by atoms with E-state index < -0.39 is 34.8 Å². The molecular weight excluding hydrogens is 306 g/mol. The van der Waals surface area contributed by atoms with Gasteiger partial charge in [0.1, 0.15) is 0 Å². The normalized spacial score (nSPS) is 16.8. The quantitative estimate of drug-likeness (QED) is 0.629. The SMILES string of the molecule is CCC(OC(=O)C(C)(CC(C)C)C(C)(C)CC)C(F)(F)C(=O)O. The van der Waals surface area contributed by atoms with Crippen LogP contribution < -0.4 is 0 Å². The molecule has 0 aliphatic heterocycles. The molecule has 0 amide bonds. The van der Waals surface area contributed by atoms with Crippen molar-refractivity contribution in [2.45, 2.75) is 79.8 Å². The molecule has 0 rings (SSSR count). The van der Waals surface area contributed by atoms with E-state index in [1.165, 1.54) is 6.92 Å². The monoisotopic (exact) mass is 336 g/mol. The molecule has 0 spiro atoms. The summed E-state index contributed by atoms with van der Waals surface area (Å²) in [7, 11) is 0. The molecule has 0 saturated heterocycles. The van der Waals surface area contributed by atoms with Crippen LogP contribution in [0.5, 0.6) is 0 Å². The van der Waals surface area contributed by atoms with Crippen LogP contribution in [-0.4, -0.2) is 29.1 Å². The Balaban J connectivity index is 5.60. The summed E-state index contributed by atoms with van der Waals surface area (Å²) in [5, 5.41) is 8.67. The second-order valence-corrected chi connectivity index (χ2v) is 7.40. The predicted octanol–water partition coefficient (Wildman–Crippen LogP) is 4.52. The standard InChI is InChI=1S/C17H30F2O4/c1-8-12(17(18,19)13(20)21)23-14(22)16(7,10-11(3)4)15(5,6)9-2/h11-12H,8-10H2,1-7H3,(H,20,21). The maximum atomic E-state index is 13.7. The van der Waals surface area contributed by atoms with Crippen LogP contribution in [0.15, 0.2) is 0 Å². The smallest absolute Gasteiger partial charge is 0.378 e. The first kappa shape index (κ1) is 21.8. The molecule has 0 radical (unpaired) electrons. The Morgan fingerprint density at radius 2 is 1.61 bits per heavy atom. The van der Waals surface area contributed by atoms with Gasteiger partial charge in [-0.25, -0.2) is 4.79 Å². The van der Waals surface area contributed by atoms with Crippen molar-refractivity contribution in [3.8, 4) is 0 Å². The van der Waals surface area contributed by atoms with E-state index in [1.54, 1.807) is 6.92 Å². The fraction of sp³-hybridized carbons (Fsp3) is 0.882. The number of aliphatic carboxylic acids is 1. The van der Waals surface area contributed by atoms with E-state index in [9.17, 15) is 18.4 Å². The van der Waals surface area contributed by atoms with Gasteiger partial charge in [0.2, 0.25) is 0 Å². The fourth-order valence-corrected chi connectivity index (χ4v) is 2.65. The lowest BCUT2D eigenvalue weighted by Gasteiger charge is -2.43. The molecule has 6 heteroatoms. The van der Waals surface area contributed by atoms with Crippen LogP contribution in [0.4, 0.5) is 8.78 Å². The molecule has 0 fully saturated rings. The van der Waals surface area contributed by atoms with Crippen molar-refractivity contribution in [2.24, 2.45) is 16.7 Å². The van der Waals surface area contributed by atoms with E-state index in [-0.39, 0.29) is 12.3 Å². The van der Waals surface area contributed by atoms with E-state index in [2.05, 4.69) is 0 Å². The minimum Gasteiger partial charge on any atom is -0.477 e. The summed E-state index contributed by atoms with van der Waals surface area (Å²) in [5.41, 5.74) is -1.44. The van der Waals surface area contributed by atoms with E-state index in [4.69, 9.17) is 9.84 Å². The van der Waals surface area contributed by atoms with Crippen LogP contribution in [0.1, 0.15) is 67.7 Å². The first-order valence-electron chi connectivity index (χ1n) is 8.08. The minimum absolute atomic E-state index is 0.165. The third kappa shape index (κ3) is 4.64. The third-order valence-corrected chi connectivity index (χ3v) is 4.95. The van der Waals surface area contributed by atoms with E-state index in [0.29, 0.717) is 12.8 Å². The van der Waals surface area contributed by atoms with Crippen molar-refractivity contribution in [1.82, 2.24) is 0 Å². The Morgan fingerprint density at radius 3 is 1.91 bits per heavy atom. The lowest BCUT2D eigenvalue weighted by atomic mass is 9.61. The van der Waals surface area contributed by atoms with E-state index in [1.807, 2.05) is 34.6 Å². The van der Waals surface area contributed by atoms with Gasteiger partial charge >= 0.3 is 17.9 Å². The number of rotatable bonds is 9. The Hall–Kier alpha value is -1.20. The van der Waals surface area contributed by atoms with E-state index >= 15 is 0 Å². The lowest BCUT2D eigenvalue weighted by Crippen LogP contribution is -2.49. The van der Waals surface area contributed by atoms with Gasteiger partial charge in [0.05, 0.1) is 5.41 Å². The number of carboxylic acid groups (broad SMARTS) is 1. The first-order valence-corrected chi connectivity index (χ1v) is 8.08.